The molecule has 23 heavy (non-hydrogen) atoms. The third kappa shape index (κ3) is 2.60. The summed E-state index contributed by atoms with van der Waals surface area (Å²) in [5.41, 5.74) is 1.97. The van der Waals surface area contributed by atoms with E-state index < -0.39 is 0 Å². The fourth-order valence-corrected chi connectivity index (χ4v) is 2.72. The summed E-state index contributed by atoms with van der Waals surface area (Å²) in [4.78, 5) is 1.99. The number of rotatable bonds is 3. The molecule has 112 valence electrons. The van der Waals surface area contributed by atoms with E-state index in [2.05, 4.69) is 5.16 Å². The van der Waals surface area contributed by atoms with Gasteiger partial charge in [0, 0.05) is 5.69 Å². The van der Waals surface area contributed by atoms with E-state index in [9.17, 15) is 0 Å². The van der Waals surface area contributed by atoms with E-state index in [0.29, 0.717) is 16.8 Å². The number of amidine groups is 1. The van der Waals surface area contributed by atoms with Gasteiger partial charge in [0.15, 0.2) is 11.0 Å². The van der Waals surface area contributed by atoms with Crippen molar-refractivity contribution >= 4 is 35.6 Å². The zero-order chi connectivity index (χ0) is 15.6. The number of hydrogen-bond donors (Lipinski definition) is 0. The first-order valence-electron chi connectivity index (χ1n) is 7.22. The maximum Gasteiger partial charge on any atom is 0.550 e. The van der Waals surface area contributed by atoms with Crippen LogP contribution in [0.3, 0.4) is 0 Å². The summed E-state index contributed by atoms with van der Waals surface area (Å²) >= 11 is 5.90. The number of anilines is 1. The van der Waals surface area contributed by atoms with E-state index in [1.54, 1.807) is 12.1 Å². The molecule has 0 spiro atoms. The zero-order valence-corrected chi connectivity index (χ0v) is 12.9. The minimum Gasteiger partial charge on any atom is -0.441 e. The molecule has 4 rings (SSSR count). The summed E-state index contributed by atoms with van der Waals surface area (Å²) in [5, 5.41) is 4.54. The molecule has 0 N–H and O–H groups in total. The molecule has 2 aromatic carbocycles. The first-order valence-corrected chi connectivity index (χ1v) is 7.59. The van der Waals surface area contributed by atoms with Gasteiger partial charge >= 0.3 is 7.05 Å². The highest BCUT2D eigenvalue weighted by Crippen LogP contribution is 2.25. The Balaban J connectivity index is 1.78. The second-order valence-corrected chi connectivity index (χ2v) is 5.47. The van der Waals surface area contributed by atoms with E-state index in [1.807, 2.05) is 65.5 Å². The molecular formula is C17H12BClN2O2. The maximum atomic E-state index is 5.90. The summed E-state index contributed by atoms with van der Waals surface area (Å²) in [7, 11) is -0.350. The normalized spacial score (nSPS) is 13.9. The van der Waals surface area contributed by atoms with Gasteiger partial charge in [0.2, 0.25) is 5.84 Å². The van der Waals surface area contributed by atoms with Gasteiger partial charge in [-0.3, -0.25) is 0 Å². The molecule has 0 fully saturated rings. The van der Waals surface area contributed by atoms with Crippen molar-refractivity contribution in [3.05, 3.63) is 83.8 Å². The number of furan rings is 1. The SMILES string of the molecule is Clc1ccc(C2=NOB(c3ccccc3)N2c2ccccc2)o1. The smallest absolute Gasteiger partial charge is 0.441 e. The lowest BCUT2D eigenvalue weighted by Crippen LogP contribution is -2.48. The summed E-state index contributed by atoms with van der Waals surface area (Å²) in [6.45, 7) is 0. The van der Waals surface area contributed by atoms with Gasteiger partial charge in [0.05, 0.1) is 0 Å². The van der Waals surface area contributed by atoms with Gasteiger partial charge < -0.3 is 14.0 Å². The second-order valence-electron chi connectivity index (χ2n) is 5.09. The van der Waals surface area contributed by atoms with Crippen molar-refractivity contribution in [1.82, 2.24) is 0 Å². The van der Waals surface area contributed by atoms with Crippen molar-refractivity contribution in [3.8, 4) is 0 Å². The monoisotopic (exact) mass is 322 g/mol. The Morgan fingerprint density at radius 1 is 0.870 bits per heavy atom. The molecule has 1 aromatic heterocycles. The summed E-state index contributed by atoms with van der Waals surface area (Å²) in [6.07, 6.45) is 0. The van der Waals surface area contributed by atoms with Crippen molar-refractivity contribution in [1.29, 1.82) is 0 Å². The molecule has 6 heteroatoms. The van der Waals surface area contributed by atoms with E-state index in [1.165, 1.54) is 0 Å². The number of hydrogen-bond acceptors (Lipinski definition) is 4. The molecular weight excluding hydrogens is 310 g/mol. The minimum atomic E-state index is -0.350. The fourth-order valence-electron chi connectivity index (χ4n) is 2.57. The van der Waals surface area contributed by atoms with Crippen LogP contribution in [0.15, 0.2) is 82.4 Å². The van der Waals surface area contributed by atoms with Crippen LogP contribution in [0, 0.1) is 0 Å². The van der Waals surface area contributed by atoms with Crippen LogP contribution >= 0.6 is 11.6 Å². The van der Waals surface area contributed by atoms with Crippen LogP contribution in [0.5, 0.6) is 0 Å². The second kappa shape index (κ2) is 5.86. The summed E-state index contributed by atoms with van der Waals surface area (Å²) < 4.78 is 11.2. The Bertz CT molecular complexity index is 836. The lowest BCUT2D eigenvalue weighted by atomic mass is 9.71. The van der Waals surface area contributed by atoms with Crippen molar-refractivity contribution < 1.29 is 9.17 Å². The molecule has 2 heterocycles. The lowest BCUT2D eigenvalue weighted by Gasteiger charge is -2.21. The largest absolute Gasteiger partial charge is 0.550 e. The molecule has 0 radical (unpaired) electrons. The molecule has 0 amide bonds. The van der Waals surface area contributed by atoms with E-state index in [0.717, 1.165) is 11.2 Å². The highest BCUT2D eigenvalue weighted by atomic mass is 35.5. The molecule has 0 aliphatic carbocycles. The molecule has 1 aliphatic heterocycles. The lowest BCUT2D eigenvalue weighted by molar-refractivity contribution is 0.366. The van der Waals surface area contributed by atoms with Crippen LogP contribution < -0.4 is 10.3 Å². The quantitative estimate of drug-likeness (QED) is 0.692. The van der Waals surface area contributed by atoms with Crippen LogP contribution in [0.2, 0.25) is 5.22 Å². The highest BCUT2D eigenvalue weighted by Gasteiger charge is 2.41. The van der Waals surface area contributed by atoms with Crippen LogP contribution in [0.4, 0.5) is 5.69 Å². The van der Waals surface area contributed by atoms with Crippen LogP contribution in [0.25, 0.3) is 0 Å². The molecule has 0 atom stereocenters. The number of oxime groups is 1. The molecule has 0 unspecified atom stereocenters. The molecule has 0 saturated heterocycles. The van der Waals surface area contributed by atoms with Gasteiger partial charge in [0.25, 0.3) is 0 Å². The van der Waals surface area contributed by atoms with Gasteiger partial charge in [-0.05, 0) is 41.3 Å². The molecule has 3 aromatic rings. The Kier molecular flexibility index (Phi) is 3.56. The predicted molar refractivity (Wildman–Crippen MR) is 92.1 cm³/mol. The van der Waals surface area contributed by atoms with Crippen LogP contribution in [0.1, 0.15) is 5.76 Å². The first-order chi connectivity index (χ1) is 11.3. The van der Waals surface area contributed by atoms with Crippen LogP contribution in [-0.4, -0.2) is 12.9 Å². The zero-order valence-electron chi connectivity index (χ0n) is 12.1. The van der Waals surface area contributed by atoms with Crippen molar-refractivity contribution in [2.75, 3.05) is 4.81 Å². The number of para-hydroxylation sites is 1. The van der Waals surface area contributed by atoms with Gasteiger partial charge in [-0.25, -0.2) is 0 Å². The Morgan fingerprint density at radius 2 is 1.57 bits per heavy atom. The summed E-state index contributed by atoms with van der Waals surface area (Å²) in [5.74, 6) is 1.16. The van der Waals surface area contributed by atoms with E-state index >= 15 is 0 Å². The Labute approximate surface area is 139 Å². The highest BCUT2D eigenvalue weighted by molar-refractivity contribution is 6.76. The third-order valence-corrected chi connectivity index (χ3v) is 3.82. The van der Waals surface area contributed by atoms with Crippen molar-refractivity contribution in [3.63, 3.8) is 0 Å². The van der Waals surface area contributed by atoms with Crippen molar-refractivity contribution in [2.45, 2.75) is 0 Å². The van der Waals surface area contributed by atoms with Crippen LogP contribution in [-0.2, 0) is 4.76 Å². The van der Waals surface area contributed by atoms with Gasteiger partial charge in [-0.2, -0.15) is 0 Å². The van der Waals surface area contributed by atoms with E-state index in [-0.39, 0.29) is 7.05 Å². The molecule has 0 saturated carbocycles. The molecule has 1 aliphatic rings. The minimum absolute atomic E-state index is 0.318. The molecule has 0 bridgehead atoms. The van der Waals surface area contributed by atoms with Gasteiger partial charge in [-0.1, -0.05) is 53.7 Å². The fraction of sp³-hybridized carbons (Fsp3) is 0. The maximum absolute atomic E-state index is 5.90. The Hall–Kier alpha value is -2.66. The summed E-state index contributed by atoms with van der Waals surface area (Å²) in [6, 6.07) is 23.3. The predicted octanol–water partition coefficient (Wildman–Crippen LogP) is 3.53. The topological polar surface area (TPSA) is 38.0 Å². The van der Waals surface area contributed by atoms with Crippen molar-refractivity contribution in [2.24, 2.45) is 5.16 Å². The average molecular weight is 323 g/mol. The van der Waals surface area contributed by atoms with E-state index in [4.69, 9.17) is 20.8 Å². The Morgan fingerprint density at radius 3 is 2.22 bits per heavy atom. The first kappa shape index (κ1) is 14.0. The third-order valence-electron chi connectivity index (χ3n) is 3.61. The number of benzene rings is 2. The number of nitrogens with zero attached hydrogens (tertiary/aromatic N) is 2. The molecule has 4 nitrogen and oxygen atoms in total. The van der Waals surface area contributed by atoms with Gasteiger partial charge in [0.1, 0.15) is 0 Å². The standard InChI is InChI=1S/C17H12BClN2O2/c19-16-12-11-15(22-16)17-20-23-18(13-7-3-1-4-8-13)21(17)14-9-5-2-6-10-14/h1-12H. The van der Waals surface area contributed by atoms with Gasteiger partial charge in [-0.15, -0.1) is 0 Å². The average Bonchev–Trinajstić information content (AvgIpc) is 3.22. The number of halogens is 1.